The summed E-state index contributed by atoms with van der Waals surface area (Å²) in [6.45, 7) is 2.30. The van der Waals surface area contributed by atoms with Crippen molar-refractivity contribution in [3.05, 3.63) is 86.2 Å². The van der Waals surface area contributed by atoms with Gasteiger partial charge in [0.15, 0.2) is 0 Å². The van der Waals surface area contributed by atoms with Gasteiger partial charge in [0, 0.05) is 0 Å². The first-order chi connectivity index (χ1) is 10.3. The maximum absolute atomic E-state index is 2.55. The molecule has 0 fully saturated rings. The fraction of sp³-hybridized carbons (Fsp3) is 0.158. The summed E-state index contributed by atoms with van der Waals surface area (Å²) >= 11 is -0.713. The number of halogens is 2. The summed E-state index contributed by atoms with van der Waals surface area (Å²) in [7, 11) is -0.187. The molecule has 0 saturated heterocycles. The van der Waals surface area contributed by atoms with E-state index in [4.69, 9.17) is 0 Å². The summed E-state index contributed by atoms with van der Waals surface area (Å²) in [6, 6.07) is 13.5. The third-order valence-corrected chi connectivity index (χ3v) is 13.4. The van der Waals surface area contributed by atoms with Gasteiger partial charge in [-0.05, 0) is 0 Å². The van der Waals surface area contributed by atoms with Gasteiger partial charge in [0.1, 0.15) is 0 Å². The molecule has 116 valence electrons. The Balaban J connectivity index is 0.000000960. The Morgan fingerprint density at radius 1 is 1.00 bits per heavy atom. The largest absolute Gasteiger partial charge is 1.00 e. The van der Waals surface area contributed by atoms with Gasteiger partial charge >= 0.3 is 139 Å². The molecule has 1 heterocycles. The number of allylic oxidation sites excluding steroid dienone is 5. The first kappa shape index (κ1) is 19.0. The zero-order chi connectivity index (χ0) is 14.3. The maximum atomic E-state index is 2.55. The van der Waals surface area contributed by atoms with Gasteiger partial charge in [0.25, 0.3) is 0 Å². The van der Waals surface area contributed by atoms with Crippen molar-refractivity contribution >= 4 is 13.6 Å². The number of benzene rings is 1. The molecular formula is C19H17Cl2PZr. The van der Waals surface area contributed by atoms with E-state index in [0.29, 0.717) is 2.86 Å². The molecular weight excluding hydrogens is 421 g/mol. The minimum absolute atomic E-state index is 0. The average Bonchev–Trinajstić information content (AvgIpc) is 3.22. The maximum Gasteiger partial charge on any atom is -1.00 e. The van der Waals surface area contributed by atoms with Gasteiger partial charge in [-0.3, -0.25) is 0 Å². The third-order valence-electron chi connectivity index (χ3n) is 4.39. The number of hydrogen-bond donors (Lipinski definition) is 0. The molecule has 0 N–H and O–H groups in total. The monoisotopic (exact) mass is 436 g/mol. The van der Waals surface area contributed by atoms with E-state index in [2.05, 4.69) is 79.2 Å². The molecule has 0 saturated carbocycles. The van der Waals surface area contributed by atoms with Crippen LogP contribution in [0.2, 0.25) is 0 Å². The molecule has 4 rings (SSSR count). The van der Waals surface area contributed by atoms with Crippen LogP contribution in [0.4, 0.5) is 0 Å². The number of hydrogen-bond acceptors (Lipinski definition) is 0. The molecule has 0 amide bonds. The van der Waals surface area contributed by atoms with E-state index in [1.165, 1.54) is 12.0 Å². The average molecular weight is 438 g/mol. The zero-order valence-electron chi connectivity index (χ0n) is 12.8. The normalized spacial score (nSPS) is 20.7. The molecule has 1 unspecified atom stereocenters. The minimum Gasteiger partial charge on any atom is -1.00 e. The predicted octanol–water partition coefficient (Wildman–Crippen LogP) is -0.274. The summed E-state index contributed by atoms with van der Waals surface area (Å²) in [5, 5.41) is 0. The zero-order valence-corrected chi connectivity index (χ0v) is 17.7. The summed E-state index contributed by atoms with van der Waals surface area (Å²) in [5.41, 5.74) is 4.57. The second kappa shape index (κ2) is 7.71. The SMILES string of the molecule is CC1=[C]([Zr+2][C]2(p3cccc3)C=Cc3ccccc32)CC=C1.[Cl-].[Cl-]. The Hall–Kier alpha value is -0.317. The van der Waals surface area contributed by atoms with E-state index in [0.717, 1.165) is 0 Å². The Bertz CT molecular complexity index is 774. The molecule has 1 atom stereocenters. The van der Waals surface area contributed by atoms with Crippen LogP contribution in [0, 0.1) is 0 Å². The van der Waals surface area contributed by atoms with Crippen molar-refractivity contribution in [3.63, 3.8) is 0 Å². The predicted molar refractivity (Wildman–Crippen MR) is 88.2 cm³/mol. The molecule has 0 nitrogen and oxygen atoms in total. The molecule has 1 aromatic carbocycles. The van der Waals surface area contributed by atoms with Gasteiger partial charge in [-0.15, -0.1) is 0 Å². The van der Waals surface area contributed by atoms with Crippen LogP contribution in [-0.4, -0.2) is 0 Å². The van der Waals surface area contributed by atoms with Crippen molar-refractivity contribution in [2.45, 2.75) is 16.2 Å². The van der Waals surface area contributed by atoms with Gasteiger partial charge in [-0.2, -0.15) is 0 Å². The molecule has 0 spiro atoms. The Kier molecular flexibility index (Phi) is 6.37. The second-order valence-corrected chi connectivity index (χ2v) is 12.9. The van der Waals surface area contributed by atoms with Crippen molar-refractivity contribution in [3.8, 4) is 0 Å². The van der Waals surface area contributed by atoms with Crippen LogP contribution in [0.15, 0.2) is 75.1 Å². The molecule has 4 heteroatoms. The quantitative estimate of drug-likeness (QED) is 0.619. The summed E-state index contributed by atoms with van der Waals surface area (Å²) in [6.07, 6.45) is 10.8. The molecule has 2 aliphatic carbocycles. The fourth-order valence-electron chi connectivity index (χ4n) is 3.25. The van der Waals surface area contributed by atoms with E-state index in [-0.39, 0.29) is 32.3 Å². The molecule has 0 aliphatic heterocycles. The molecule has 0 radical (unpaired) electrons. The van der Waals surface area contributed by atoms with E-state index in [1.807, 2.05) is 0 Å². The van der Waals surface area contributed by atoms with Crippen LogP contribution in [0.5, 0.6) is 0 Å². The van der Waals surface area contributed by atoms with E-state index in [9.17, 15) is 0 Å². The fourth-order valence-corrected chi connectivity index (χ4v) is 11.8. The van der Waals surface area contributed by atoms with Crippen LogP contribution in [0.1, 0.15) is 24.5 Å². The van der Waals surface area contributed by atoms with Crippen molar-refractivity contribution in [1.29, 1.82) is 0 Å². The second-order valence-electron chi connectivity index (χ2n) is 5.67. The van der Waals surface area contributed by atoms with Crippen LogP contribution in [-0.2, 0) is 26.1 Å². The van der Waals surface area contributed by atoms with Gasteiger partial charge in [-0.25, -0.2) is 0 Å². The van der Waals surface area contributed by atoms with Crippen molar-refractivity contribution in [2.24, 2.45) is 0 Å². The van der Waals surface area contributed by atoms with Gasteiger partial charge in [0.05, 0.1) is 0 Å². The smallest absolute Gasteiger partial charge is 1.00 e. The third kappa shape index (κ3) is 3.27. The van der Waals surface area contributed by atoms with Crippen LogP contribution in [0.3, 0.4) is 0 Å². The van der Waals surface area contributed by atoms with Crippen LogP contribution < -0.4 is 24.8 Å². The first-order valence-corrected chi connectivity index (χ1v) is 11.3. The van der Waals surface area contributed by atoms with Crippen molar-refractivity contribution in [2.75, 3.05) is 0 Å². The summed E-state index contributed by atoms with van der Waals surface area (Å²) < 4.78 is 2.11. The van der Waals surface area contributed by atoms with Gasteiger partial charge < -0.3 is 24.8 Å². The molecule has 2 aromatic rings. The molecule has 1 aromatic heterocycles. The van der Waals surface area contributed by atoms with E-state index < -0.39 is 23.2 Å². The Morgan fingerprint density at radius 2 is 1.74 bits per heavy atom. The Labute approximate surface area is 163 Å². The number of rotatable bonds is 3. The number of fused-ring (bicyclic) bond motifs is 1. The summed E-state index contributed by atoms with van der Waals surface area (Å²) in [5.74, 6) is 4.92. The topological polar surface area (TPSA) is 0 Å². The molecule has 0 bridgehead atoms. The standard InChI is InChI=1S/C13H10P.C6H7.2ClH.Zr/c1-2-6-12-11(5-1)7-8-13(12)14-9-3-4-10-14;1-6-4-2-3-5-6;;;/h1-10H;2,4H,3H2,1H3;2*1H;/q;;;;+2/p-2. The Morgan fingerprint density at radius 3 is 2.43 bits per heavy atom. The first-order valence-electron chi connectivity index (χ1n) is 7.36. The van der Waals surface area contributed by atoms with Crippen LogP contribution >= 0.6 is 7.53 Å². The van der Waals surface area contributed by atoms with E-state index >= 15 is 0 Å². The van der Waals surface area contributed by atoms with Crippen molar-refractivity contribution in [1.82, 2.24) is 0 Å². The van der Waals surface area contributed by atoms with Gasteiger partial charge in [0.2, 0.25) is 0 Å². The van der Waals surface area contributed by atoms with Crippen molar-refractivity contribution < 1.29 is 48.0 Å². The minimum atomic E-state index is -0.713. The summed E-state index contributed by atoms with van der Waals surface area (Å²) in [4.78, 5) is 0. The molecule has 23 heavy (non-hydrogen) atoms. The van der Waals surface area contributed by atoms with E-state index in [1.54, 1.807) is 14.4 Å². The van der Waals surface area contributed by atoms with Crippen LogP contribution in [0.25, 0.3) is 6.08 Å². The molecule has 2 aliphatic rings. The van der Waals surface area contributed by atoms with Gasteiger partial charge in [-0.1, -0.05) is 0 Å².